The Hall–Kier alpha value is -2.86. The Balaban J connectivity index is 1.20. The zero-order valence-electron chi connectivity index (χ0n) is 18.3. The van der Waals surface area contributed by atoms with Crippen LogP contribution in [0.4, 0.5) is 4.79 Å². The van der Waals surface area contributed by atoms with Crippen LogP contribution in [-0.4, -0.2) is 57.1 Å². The first-order chi connectivity index (χ1) is 15.0. The minimum Gasteiger partial charge on any atom is -0.441 e. The number of ether oxygens (including phenoxy) is 1. The minimum atomic E-state index is -0.337. The van der Waals surface area contributed by atoms with Gasteiger partial charge in [-0.05, 0) is 30.5 Å². The Morgan fingerprint density at radius 2 is 1.84 bits per heavy atom. The first kappa shape index (κ1) is 20.1. The van der Waals surface area contributed by atoms with Gasteiger partial charge in [-0.3, -0.25) is 4.90 Å². The van der Waals surface area contributed by atoms with Crippen LogP contribution in [-0.2, 0) is 11.3 Å². The number of piperidine rings is 1. The summed E-state index contributed by atoms with van der Waals surface area (Å²) >= 11 is 0. The first-order valence-electron chi connectivity index (χ1n) is 11.2. The van der Waals surface area contributed by atoms with E-state index in [1.807, 2.05) is 24.0 Å². The molecule has 6 heteroatoms. The summed E-state index contributed by atoms with van der Waals surface area (Å²) in [6, 6.07) is 16.6. The van der Waals surface area contributed by atoms with Crippen LogP contribution in [0.5, 0.6) is 0 Å². The molecule has 1 amide bonds. The molecule has 4 heterocycles. The number of nitrogens with zero attached hydrogens (tertiary/aromatic N) is 4. The molecule has 0 bridgehead atoms. The number of rotatable bonds is 5. The summed E-state index contributed by atoms with van der Waals surface area (Å²) in [5.74, 6) is 1.31. The summed E-state index contributed by atoms with van der Waals surface area (Å²) in [5.41, 5.74) is 3.22. The van der Waals surface area contributed by atoms with E-state index in [1.165, 1.54) is 11.1 Å². The van der Waals surface area contributed by atoms with Crippen LogP contribution >= 0.6 is 0 Å². The maximum atomic E-state index is 12.6. The fourth-order valence-corrected chi connectivity index (χ4v) is 5.02. The molecule has 1 atom stereocenters. The number of carbonyl (C=O) groups is 1. The highest BCUT2D eigenvalue weighted by atomic mass is 16.6. The average Bonchev–Trinajstić information content (AvgIpc) is 3.27. The fourth-order valence-electron chi connectivity index (χ4n) is 5.02. The van der Waals surface area contributed by atoms with Crippen molar-refractivity contribution in [3.63, 3.8) is 0 Å². The second-order valence-corrected chi connectivity index (χ2v) is 9.08. The van der Waals surface area contributed by atoms with Gasteiger partial charge in [0.2, 0.25) is 0 Å². The lowest BCUT2D eigenvalue weighted by Crippen LogP contribution is -2.46. The molecular formula is C25H30N4O2. The van der Waals surface area contributed by atoms with Crippen molar-refractivity contribution in [2.45, 2.75) is 44.8 Å². The van der Waals surface area contributed by atoms with Gasteiger partial charge in [-0.25, -0.2) is 9.78 Å². The van der Waals surface area contributed by atoms with Crippen molar-refractivity contribution in [2.75, 3.05) is 26.2 Å². The van der Waals surface area contributed by atoms with Gasteiger partial charge in [-0.1, -0.05) is 43.3 Å². The molecule has 2 saturated heterocycles. The summed E-state index contributed by atoms with van der Waals surface area (Å²) in [6.45, 7) is 8.29. The Morgan fingerprint density at radius 3 is 2.61 bits per heavy atom. The number of imidazole rings is 1. The van der Waals surface area contributed by atoms with Crippen LogP contribution in [0.1, 0.15) is 42.8 Å². The van der Waals surface area contributed by atoms with Crippen molar-refractivity contribution in [1.82, 2.24) is 19.2 Å². The second kappa shape index (κ2) is 8.00. The molecule has 2 aliphatic heterocycles. The van der Waals surface area contributed by atoms with Crippen molar-refractivity contribution in [2.24, 2.45) is 0 Å². The number of aryl methyl sites for hydroxylation is 1. The van der Waals surface area contributed by atoms with Gasteiger partial charge >= 0.3 is 6.09 Å². The van der Waals surface area contributed by atoms with Crippen LogP contribution in [0.15, 0.2) is 54.7 Å². The quantitative estimate of drug-likeness (QED) is 0.622. The molecule has 0 unspecified atom stereocenters. The van der Waals surface area contributed by atoms with Gasteiger partial charge in [0.05, 0.1) is 17.8 Å². The van der Waals surface area contributed by atoms with E-state index in [0.717, 1.165) is 44.0 Å². The third kappa shape index (κ3) is 3.92. The number of hydrogen-bond acceptors (Lipinski definition) is 4. The van der Waals surface area contributed by atoms with Crippen LogP contribution in [0.25, 0.3) is 5.52 Å². The molecule has 1 spiro atoms. The monoisotopic (exact) mass is 418 g/mol. The van der Waals surface area contributed by atoms with E-state index in [0.29, 0.717) is 19.0 Å². The van der Waals surface area contributed by atoms with E-state index in [2.05, 4.69) is 58.8 Å². The van der Waals surface area contributed by atoms with E-state index in [-0.39, 0.29) is 11.7 Å². The number of likely N-dealkylation sites (tertiary alicyclic amines) is 1. The molecule has 31 heavy (non-hydrogen) atoms. The fraction of sp³-hybridized carbons (Fsp3) is 0.440. The van der Waals surface area contributed by atoms with Crippen molar-refractivity contribution < 1.29 is 9.53 Å². The largest absolute Gasteiger partial charge is 0.441 e. The molecule has 5 rings (SSSR count). The Kier molecular flexibility index (Phi) is 5.18. The van der Waals surface area contributed by atoms with Gasteiger partial charge in [-0.15, -0.1) is 0 Å². The highest BCUT2D eigenvalue weighted by Crippen LogP contribution is 2.35. The minimum absolute atomic E-state index is 0.160. The highest BCUT2D eigenvalue weighted by Gasteiger charge is 2.47. The Morgan fingerprint density at radius 1 is 1.10 bits per heavy atom. The summed E-state index contributed by atoms with van der Waals surface area (Å²) < 4.78 is 8.10. The Bertz CT molecular complexity index is 1070. The Labute approximate surface area is 183 Å². The molecule has 0 radical (unpaired) electrons. The van der Waals surface area contributed by atoms with Crippen LogP contribution in [0.3, 0.4) is 0 Å². The third-order valence-corrected chi connectivity index (χ3v) is 6.85. The van der Waals surface area contributed by atoms with Gasteiger partial charge in [0.25, 0.3) is 0 Å². The predicted octanol–water partition coefficient (Wildman–Crippen LogP) is 4.23. The lowest BCUT2D eigenvalue weighted by Gasteiger charge is -2.37. The molecule has 2 fully saturated rings. The molecule has 0 saturated carbocycles. The number of carbonyl (C=O) groups excluding carboxylic acids is 1. The smallest absolute Gasteiger partial charge is 0.410 e. The van der Waals surface area contributed by atoms with Crippen molar-refractivity contribution >= 4 is 11.6 Å². The van der Waals surface area contributed by atoms with E-state index < -0.39 is 0 Å². The maximum Gasteiger partial charge on any atom is 0.410 e. The van der Waals surface area contributed by atoms with Crippen LogP contribution in [0, 0.1) is 6.92 Å². The van der Waals surface area contributed by atoms with Gasteiger partial charge in [0, 0.05) is 45.2 Å². The number of pyridine rings is 1. The zero-order chi connectivity index (χ0) is 21.4. The molecule has 0 N–H and O–H groups in total. The summed E-state index contributed by atoms with van der Waals surface area (Å²) in [4.78, 5) is 21.7. The van der Waals surface area contributed by atoms with Crippen LogP contribution in [0.2, 0.25) is 0 Å². The molecule has 162 valence electrons. The van der Waals surface area contributed by atoms with Gasteiger partial charge in [0.1, 0.15) is 11.4 Å². The van der Waals surface area contributed by atoms with Gasteiger partial charge in [0.15, 0.2) is 0 Å². The summed E-state index contributed by atoms with van der Waals surface area (Å²) in [7, 11) is 0. The first-order valence-corrected chi connectivity index (χ1v) is 11.2. The standard InChI is InChI=1S/C25H30N4O2/c1-19(21-8-4-3-5-9-21)16-28-18-25(31-24(28)30)11-14-27(15-12-25)17-22-23-10-6-7-13-29(23)20(2)26-22/h3-10,13,19H,11-12,14-18H2,1-2H3/t19-/m0/s1. The van der Waals surface area contributed by atoms with Crippen molar-refractivity contribution in [3.8, 4) is 0 Å². The molecule has 3 aromatic rings. The average molecular weight is 419 g/mol. The number of benzene rings is 1. The van der Waals surface area contributed by atoms with Crippen molar-refractivity contribution in [3.05, 3.63) is 71.8 Å². The molecule has 1 aromatic carbocycles. The normalized spacial score (nSPS) is 19.8. The summed E-state index contributed by atoms with van der Waals surface area (Å²) in [5, 5.41) is 0. The summed E-state index contributed by atoms with van der Waals surface area (Å²) in [6.07, 6.45) is 3.65. The third-order valence-electron chi connectivity index (χ3n) is 6.85. The lowest BCUT2D eigenvalue weighted by atomic mass is 9.91. The SMILES string of the molecule is Cc1nc(CN2CCC3(CC2)CN(C[C@H](C)c2ccccc2)C(=O)O3)c2ccccn12. The van der Waals surface area contributed by atoms with E-state index in [9.17, 15) is 4.79 Å². The molecule has 0 aliphatic carbocycles. The lowest BCUT2D eigenvalue weighted by molar-refractivity contribution is -0.00140. The predicted molar refractivity (Wildman–Crippen MR) is 120 cm³/mol. The topological polar surface area (TPSA) is 50.1 Å². The van der Waals surface area contributed by atoms with Gasteiger partial charge < -0.3 is 14.0 Å². The zero-order valence-corrected chi connectivity index (χ0v) is 18.3. The van der Waals surface area contributed by atoms with Crippen LogP contribution < -0.4 is 0 Å². The molecule has 6 nitrogen and oxygen atoms in total. The molecule has 2 aromatic heterocycles. The van der Waals surface area contributed by atoms with E-state index >= 15 is 0 Å². The maximum absolute atomic E-state index is 12.6. The van der Waals surface area contributed by atoms with E-state index in [4.69, 9.17) is 9.72 Å². The molecular weight excluding hydrogens is 388 g/mol. The second-order valence-electron chi connectivity index (χ2n) is 9.08. The van der Waals surface area contributed by atoms with Crippen molar-refractivity contribution in [1.29, 1.82) is 0 Å². The number of fused-ring (bicyclic) bond motifs is 1. The molecule has 2 aliphatic rings. The van der Waals surface area contributed by atoms with Gasteiger partial charge in [-0.2, -0.15) is 0 Å². The number of aromatic nitrogens is 2. The van der Waals surface area contributed by atoms with E-state index in [1.54, 1.807) is 0 Å². The number of hydrogen-bond donors (Lipinski definition) is 0. The number of amides is 1. The highest BCUT2D eigenvalue weighted by molar-refractivity contribution is 5.71.